The molecule has 1 aromatic heterocycles. The van der Waals surface area contributed by atoms with E-state index in [9.17, 15) is 13.5 Å². The third-order valence-corrected chi connectivity index (χ3v) is 5.48. The van der Waals surface area contributed by atoms with Crippen LogP contribution in [0.15, 0.2) is 52.0 Å². The van der Waals surface area contributed by atoms with Gasteiger partial charge in [-0.05, 0) is 43.0 Å². The van der Waals surface area contributed by atoms with Crippen LogP contribution in [0.25, 0.3) is 0 Å². The van der Waals surface area contributed by atoms with E-state index in [4.69, 9.17) is 9.15 Å². The molecule has 0 amide bonds. The molecule has 1 atom stereocenters. The van der Waals surface area contributed by atoms with Crippen LogP contribution in [0.5, 0.6) is 5.75 Å². The van der Waals surface area contributed by atoms with Crippen molar-refractivity contribution in [2.45, 2.75) is 23.3 Å². The molecule has 0 saturated heterocycles. The number of benzene rings is 1. The number of hydrogen-bond acceptors (Lipinski definition) is 5. The van der Waals surface area contributed by atoms with Gasteiger partial charge in [-0.1, -0.05) is 6.07 Å². The lowest BCUT2D eigenvalue weighted by Crippen LogP contribution is -2.42. The van der Waals surface area contributed by atoms with Gasteiger partial charge in [0.25, 0.3) is 0 Å². The van der Waals surface area contributed by atoms with Gasteiger partial charge in [0, 0.05) is 12.6 Å². The average Bonchev–Trinajstić information content (AvgIpc) is 3.28. The van der Waals surface area contributed by atoms with E-state index in [2.05, 4.69) is 4.72 Å². The van der Waals surface area contributed by atoms with Gasteiger partial charge in [0.05, 0.1) is 18.3 Å². The van der Waals surface area contributed by atoms with Gasteiger partial charge < -0.3 is 14.3 Å². The van der Waals surface area contributed by atoms with E-state index in [-0.39, 0.29) is 17.4 Å². The van der Waals surface area contributed by atoms with Crippen LogP contribution < -0.4 is 9.46 Å². The highest BCUT2D eigenvalue weighted by atomic mass is 32.2. The molecule has 1 aliphatic rings. The second-order valence-electron chi connectivity index (χ2n) is 5.68. The maximum absolute atomic E-state index is 12.5. The van der Waals surface area contributed by atoms with Gasteiger partial charge in [-0.3, -0.25) is 0 Å². The molecule has 0 aliphatic heterocycles. The van der Waals surface area contributed by atoms with Crippen molar-refractivity contribution in [2.24, 2.45) is 5.92 Å². The first-order valence-corrected chi connectivity index (χ1v) is 8.84. The van der Waals surface area contributed by atoms with Crippen molar-refractivity contribution in [2.75, 3.05) is 13.7 Å². The number of nitrogens with one attached hydrogen (secondary N) is 1. The molecule has 7 heteroatoms. The van der Waals surface area contributed by atoms with E-state index in [1.165, 1.54) is 25.5 Å². The van der Waals surface area contributed by atoms with Crippen LogP contribution in [0.2, 0.25) is 0 Å². The lowest BCUT2D eigenvalue weighted by Gasteiger charge is -2.26. The van der Waals surface area contributed by atoms with Crippen molar-refractivity contribution >= 4 is 10.0 Å². The largest absolute Gasteiger partial charge is 0.497 e. The van der Waals surface area contributed by atoms with Gasteiger partial charge in [-0.15, -0.1) is 0 Å². The minimum absolute atomic E-state index is 0.00154. The smallest absolute Gasteiger partial charge is 0.240 e. The number of rotatable bonds is 7. The highest BCUT2D eigenvalue weighted by molar-refractivity contribution is 7.89. The second kappa shape index (κ2) is 5.99. The number of ether oxygens (including phenoxy) is 1. The third-order valence-electron chi connectivity index (χ3n) is 4.08. The van der Waals surface area contributed by atoms with Gasteiger partial charge in [0.15, 0.2) is 0 Å². The number of sulfonamides is 1. The molecule has 2 aromatic rings. The zero-order chi connectivity index (χ0) is 16.5. The van der Waals surface area contributed by atoms with Crippen LogP contribution in [0.4, 0.5) is 0 Å². The molecule has 1 unspecified atom stereocenters. The van der Waals surface area contributed by atoms with E-state index >= 15 is 0 Å². The normalized spacial score (nSPS) is 17.7. The molecule has 6 nitrogen and oxygen atoms in total. The Bertz CT molecular complexity index is 768. The van der Waals surface area contributed by atoms with Crippen LogP contribution in [0.3, 0.4) is 0 Å². The highest BCUT2D eigenvalue weighted by Gasteiger charge is 2.47. The Morgan fingerprint density at radius 1 is 1.35 bits per heavy atom. The first-order valence-electron chi connectivity index (χ1n) is 7.36. The van der Waals surface area contributed by atoms with Crippen molar-refractivity contribution in [3.05, 3.63) is 48.4 Å². The first-order chi connectivity index (χ1) is 11.0. The average molecular weight is 337 g/mol. The van der Waals surface area contributed by atoms with E-state index < -0.39 is 15.6 Å². The van der Waals surface area contributed by atoms with Gasteiger partial charge in [0.1, 0.15) is 17.1 Å². The summed E-state index contributed by atoms with van der Waals surface area (Å²) >= 11 is 0. The summed E-state index contributed by atoms with van der Waals surface area (Å²) in [4.78, 5) is 0.0921. The third kappa shape index (κ3) is 3.26. The molecule has 23 heavy (non-hydrogen) atoms. The molecule has 0 radical (unpaired) electrons. The monoisotopic (exact) mass is 337 g/mol. The second-order valence-corrected chi connectivity index (χ2v) is 7.45. The Kier molecular flexibility index (Phi) is 4.18. The van der Waals surface area contributed by atoms with Gasteiger partial charge in [-0.2, -0.15) is 0 Å². The molecule has 1 aliphatic carbocycles. The number of hydrogen-bond donors (Lipinski definition) is 2. The fourth-order valence-corrected chi connectivity index (χ4v) is 3.68. The van der Waals surface area contributed by atoms with Crippen molar-refractivity contribution in [1.29, 1.82) is 0 Å². The van der Waals surface area contributed by atoms with Crippen LogP contribution in [0.1, 0.15) is 18.6 Å². The van der Waals surface area contributed by atoms with Crippen molar-refractivity contribution in [3.63, 3.8) is 0 Å². The molecular weight excluding hydrogens is 318 g/mol. The predicted octanol–water partition coefficient (Wildman–Crippen LogP) is 1.86. The van der Waals surface area contributed by atoms with E-state index in [1.54, 1.807) is 24.3 Å². The molecule has 1 aromatic carbocycles. The zero-order valence-electron chi connectivity index (χ0n) is 12.7. The Morgan fingerprint density at radius 3 is 2.74 bits per heavy atom. The fourth-order valence-electron chi connectivity index (χ4n) is 2.58. The lowest BCUT2D eigenvalue weighted by molar-refractivity contribution is -0.00224. The summed E-state index contributed by atoms with van der Waals surface area (Å²) in [6.45, 7) is -0.134. The molecule has 0 bridgehead atoms. The molecule has 1 saturated carbocycles. The van der Waals surface area contributed by atoms with E-state index in [0.717, 1.165) is 12.8 Å². The van der Waals surface area contributed by atoms with Crippen molar-refractivity contribution in [1.82, 2.24) is 4.72 Å². The molecule has 3 rings (SSSR count). The fraction of sp³-hybridized carbons (Fsp3) is 0.375. The molecule has 0 spiro atoms. The Balaban J connectivity index is 1.80. The molecule has 1 fully saturated rings. The number of furan rings is 1. The van der Waals surface area contributed by atoms with Crippen LogP contribution in [-0.4, -0.2) is 27.2 Å². The van der Waals surface area contributed by atoms with Crippen LogP contribution in [0, 0.1) is 5.92 Å². The quantitative estimate of drug-likeness (QED) is 0.805. The van der Waals surface area contributed by atoms with Crippen LogP contribution in [-0.2, 0) is 15.6 Å². The summed E-state index contributed by atoms with van der Waals surface area (Å²) in [5.74, 6) is 0.839. The maximum atomic E-state index is 12.5. The molecule has 1 heterocycles. The molecule has 2 N–H and O–H groups in total. The van der Waals surface area contributed by atoms with Crippen molar-refractivity contribution in [3.8, 4) is 5.75 Å². The minimum atomic E-state index is -3.75. The Labute approximate surface area is 135 Å². The summed E-state index contributed by atoms with van der Waals surface area (Å²) in [6.07, 6.45) is 3.16. The SMILES string of the molecule is COc1cccc(S(=O)(=O)NCC(O)(c2ccco2)C2CC2)c1. The van der Waals surface area contributed by atoms with Gasteiger partial charge in [0.2, 0.25) is 10.0 Å². The number of aliphatic hydroxyl groups is 1. The number of methoxy groups -OCH3 is 1. The Hall–Kier alpha value is -1.83. The standard InChI is InChI=1S/C16H19NO5S/c1-21-13-4-2-5-14(10-13)23(19,20)17-11-16(18,12-7-8-12)15-6-3-9-22-15/h2-6,9-10,12,17-18H,7-8,11H2,1H3. The van der Waals surface area contributed by atoms with E-state index in [1.807, 2.05) is 0 Å². The topological polar surface area (TPSA) is 88.8 Å². The summed E-state index contributed by atoms with van der Waals surface area (Å²) in [5, 5.41) is 10.9. The summed E-state index contributed by atoms with van der Waals surface area (Å²) in [7, 11) is -2.28. The Morgan fingerprint density at radius 2 is 2.13 bits per heavy atom. The van der Waals surface area contributed by atoms with Crippen molar-refractivity contribution < 1.29 is 22.7 Å². The summed E-state index contributed by atoms with van der Waals surface area (Å²) < 4.78 is 37.7. The predicted molar refractivity (Wildman–Crippen MR) is 83.5 cm³/mol. The maximum Gasteiger partial charge on any atom is 0.240 e. The van der Waals surface area contributed by atoms with Crippen LogP contribution >= 0.6 is 0 Å². The van der Waals surface area contributed by atoms with Gasteiger partial charge in [-0.25, -0.2) is 13.1 Å². The molecule has 124 valence electrons. The zero-order valence-corrected chi connectivity index (χ0v) is 13.5. The first kappa shape index (κ1) is 16.0. The van der Waals surface area contributed by atoms with E-state index in [0.29, 0.717) is 11.5 Å². The summed E-state index contributed by atoms with van der Waals surface area (Å²) in [6, 6.07) is 9.53. The summed E-state index contributed by atoms with van der Waals surface area (Å²) in [5.41, 5.74) is -1.32. The van der Waals surface area contributed by atoms with Gasteiger partial charge >= 0.3 is 0 Å². The lowest BCUT2D eigenvalue weighted by atomic mass is 9.95. The molecular formula is C16H19NO5S. The minimum Gasteiger partial charge on any atom is -0.497 e. The highest BCUT2D eigenvalue weighted by Crippen LogP contribution is 2.45.